The van der Waals surface area contributed by atoms with Crippen LogP contribution in [-0.2, 0) is 14.0 Å². The predicted molar refractivity (Wildman–Crippen MR) is 86.8 cm³/mol. The number of amides is 2. The molecule has 0 spiro atoms. The second-order valence-electron chi connectivity index (χ2n) is 8.11. The van der Waals surface area contributed by atoms with Gasteiger partial charge in [-0.2, -0.15) is 0 Å². The largest absolute Gasteiger partial charge is 0.411 e. The molecule has 2 atom stereocenters. The highest BCUT2D eigenvalue weighted by Crippen LogP contribution is 2.40. The zero-order valence-corrected chi connectivity index (χ0v) is 15.8. The van der Waals surface area contributed by atoms with Crippen LogP contribution in [0.15, 0.2) is 0 Å². The predicted octanol–water partition coefficient (Wildman–Crippen LogP) is 0.480. The summed E-state index contributed by atoms with van der Waals surface area (Å²) in [6, 6.07) is 0. The van der Waals surface area contributed by atoms with Gasteiger partial charge in [0.05, 0.1) is 6.61 Å². The fourth-order valence-electron chi connectivity index (χ4n) is 2.75. The summed E-state index contributed by atoms with van der Waals surface area (Å²) >= 11 is 0. The Morgan fingerprint density at radius 2 is 1.78 bits per heavy atom. The average molecular weight is 344 g/mol. The Morgan fingerprint density at radius 3 is 2.30 bits per heavy atom. The Balaban J connectivity index is 2.27. The Labute approximate surface area is 138 Å². The third kappa shape index (κ3) is 2.61. The number of hydrogen-bond donors (Lipinski definition) is 2. The number of rotatable bonds is 3. The van der Waals surface area contributed by atoms with Crippen molar-refractivity contribution in [1.82, 2.24) is 9.80 Å². The van der Waals surface area contributed by atoms with E-state index in [0.29, 0.717) is 6.42 Å². The number of carbonyl (C=O) groups is 2. The van der Waals surface area contributed by atoms with Gasteiger partial charge in [0.2, 0.25) is 11.4 Å². The molecule has 2 aliphatic rings. The molecule has 2 aliphatic heterocycles. The first kappa shape index (κ1) is 18.4. The molecule has 7 nitrogen and oxygen atoms in total. The highest BCUT2D eigenvalue weighted by Gasteiger charge is 2.63. The second-order valence-corrected chi connectivity index (χ2v) is 12.9. The van der Waals surface area contributed by atoms with Crippen molar-refractivity contribution in [3.05, 3.63) is 0 Å². The molecule has 0 aromatic carbocycles. The number of likely N-dealkylation sites (N-methyl/N-ethyl adjacent to an activating group) is 1. The fraction of sp³-hybridized carbons (Fsp3) is 0.867. The molecular weight excluding hydrogens is 316 g/mol. The maximum absolute atomic E-state index is 12.7. The van der Waals surface area contributed by atoms with Gasteiger partial charge in [0.1, 0.15) is 0 Å². The molecule has 2 saturated heterocycles. The van der Waals surface area contributed by atoms with Crippen LogP contribution < -0.4 is 0 Å². The van der Waals surface area contributed by atoms with E-state index in [1.54, 1.807) is 0 Å². The van der Waals surface area contributed by atoms with E-state index in [2.05, 4.69) is 20.8 Å². The normalized spacial score (nSPS) is 32.5. The van der Waals surface area contributed by atoms with Crippen LogP contribution >= 0.6 is 0 Å². The summed E-state index contributed by atoms with van der Waals surface area (Å²) in [5, 5.41) is 21.3. The summed E-state index contributed by atoms with van der Waals surface area (Å²) in [6.45, 7) is 10.2. The van der Waals surface area contributed by atoms with Gasteiger partial charge in [-0.05, 0) is 24.6 Å². The first-order valence-electron chi connectivity index (χ1n) is 7.96. The number of hydrogen-bond acceptors (Lipinski definition) is 5. The lowest BCUT2D eigenvalue weighted by Crippen LogP contribution is -2.76. The third-order valence-corrected chi connectivity index (χ3v) is 10.1. The smallest absolute Gasteiger partial charge is 0.281 e. The summed E-state index contributed by atoms with van der Waals surface area (Å²) in [5.74, 6) is -1.32. The lowest BCUT2D eigenvalue weighted by Gasteiger charge is -2.50. The molecule has 0 aromatic rings. The standard InChI is InChI=1S/C15H28N2O5Si/c1-13(2,3)23(5,6)22-10-15(21)12(19)17-9-7-8-14(17,20)11(18)16(15)4/h20-21H,7-10H2,1-6H3. The minimum Gasteiger partial charge on any atom is -0.411 e. The van der Waals surface area contributed by atoms with E-state index in [9.17, 15) is 19.8 Å². The zero-order chi connectivity index (χ0) is 17.8. The first-order valence-corrected chi connectivity index (χ1v) is 10.9. The molecule has 2 rings (SSSR count). The molecule has 2 N–H and O–H groups in total. The topological polar surface area (TPSA) is 90.3 Å². The van der Waals surface area contributed by atoms with Crippen LogP contribution in [0.1, 0.15) is 33.6 Å². The first-order chi connectivity index (χ1) is 10.3. The van der Waals surface area contributed by atoms with E-state index in [1.807, 2.05) is 13.1 Å². The number of nitrogens with zero attached hydrogens (tertiary/aromatic N) is 2. The minimum absolute atomic E-state index is 0.0853. The van der Waals surface area contributed by atoms with Gasteiger partial charge in [0, 0.05) is 20.0 Å². The summed E-state index contributed by atoms with van der Waals surface area (Å²) < 4.78 is 5.97. The Kier molecular flexibility index (Phi) is 4.21. The second kappa shape index (κ2) is 5.27. The number of carbonyl (C=O) groups excluding carboxylic acids is 2. The van der Waals surface area contributed by atoms with Crippen LogP contribution in [0, 0.1) is 0 Å². The van der Waals surface area contributed by atoms with Crippen molar-refractivity contribution in [1.29, 1.82) is 0 Å². The molecule has 2 unspecified atom stereocenters. The van der Waals surface area contributed by atoms with Crippen molar-refractivity contribution in [2.45, 2.75) is 63.2 Å². The molecule has 2 amide bonds. The lowest BCUT2D eigenvalue weighted by atomic mass is 10.0. The molecule has 23 heavy (non-hydrogen) atoms. The van der Waals surface area contributed by atoms with Gasteiger partial charge in [0.15, 0.2) is 8.32 Å². The molecule has 0 bridgehead atoms. The molecule has 0 radical (unpaired) electrons. The van der Waals surface area contributed by atoms with Crippen molar-refractivity contribution >= 4 is 20.1 Å². The van der Waals surface area contributed by atoms with Gasteiger partial charge in [0.25, 0.3) is 11.8 Å². The van der Waals surface area contributed by atoms with Crippen LogP contribution in [0.3, 0.4) is 0 Å². The molecule has 132 valence electrons. The number of aliphatic hydroxyl groups is 2. The lowest BCUT2D eigenvalue weighted by molar-refractivity contribution is -0.229. The molecule has 0 saturated carbocycles. The van der Waals surface area contributed by atoms with Gasteiger partial charge in [-0.1, -0.05) is 20.8 Å². The van der Waals surface area contributed by atoms with E-state index in [4.69, 9.17) is 4.43 Å². The van der Waals surface area contributed by atoms with Crippen molar-refractivity contribution in [3.8, 4) is 0 Å². The van der Waals surface area contributed by atoms with E-state index in [-0.39, 0.29) is 24.6 Å². The molecule has 0 aliphatic carbocycles. The SMILES string of the molecule is CN1C(=O)C2(O)CCCN2C(=O)C1(O)CO[Si](C)(C)C(C)(C)C. The van der Waals surface area contributed by atoms with Crippen LogP contribution in [0.4, 0.5) is 0 Å². The Bertz CT molecular complexity index is 532. The van der Waals surface area contributed by atoms with Crippen LogP contribution in [0.5, 0.6) is 0 Å². The summed E-state index contributed by atoms with van der Waals surface area (Å²) in [6.07, 6.45) is 0.724. The van der Waals surface area contributed by atoms with Gasteiger partial charge >= 0.3 is 0 Å². The maximum atomic E-state index is 12.7. The van der Waals surface area contributed by atoms with Crippen LogP contribution in [-0.4, -0.2) is 71.8 Å². The monoisotopic (exact) mass is 344 g/mol. The number of fused-ring (bicyclic) bond motifs is 1. The van der Waals surface area contributed by atoms with E-state index < -0.39 is 31.6 Å². The summed E-state index contributed by atoms with van der Waals surface area (Å²) in [7, 11) is -0.864. The molecule has 2 heterocycles. The van der Waals surface area contributed by atoms with E-state index in [0.717, 1.165) is 9.80 Å². The minimum atomic E-state index is -2.20. The average Bonchev–Trinajstić information content (AvgIpc) is 2.83. The van der Waals surface area contributed by atoms with Crippen molar-refractivity contribution in [3.63, 3.8) is 0 Å². The fourth-order valence-corrected chi connectivity index (χ4v) is 3.74. The summed E-state index contributed by atoms with van der Waals surface area (Å²) in [4.78, 5) is 27.2. The van der Waals surface area contributed by atoms with Crippen LogP contribution in [0.25, 0.3) is 0 Å². The van der Waals surface area contributed by atoms with Crippen molar-refractivity contribution < 1.29 is 24.2 Å². The van der Waals surface area contributed by atoms with Gasteiger partial charge in [-0.15, -0.1) is 0 Å². The van der Waals surface area contributed by atoms with Crippen molar-refractivity contribution in [2.75, 3.05) is 20.2 Å². The van der Waals surface area contributed by atoms with E-state index in [1.165, 1.54) is 7.05 Å². The van der Waals surface area contributed by atoms with Crippen molar-refractivity contribution in [2.24, 2.45) is 0 Å². The van der Waals surface area contributed by atoms with Gasteiger partial charge < -0.3 is 24.4 Å². The highest BCUT2D eigenvalue weighted by molar-refractivity contribution is 6.74. The molecule has 8 heteroatoms. The van der Waals surface area contributed by atoms with Gasteiger partial charge in [-0.25, -0.2) is 0 Å². The highest BCUT2D eigenvalue weighted by atomic mass is 28.4. The van der Waals surface area contributed by atoms with Gasteiger partial charge in [-0.3, -0.25) is 9.59 Å². The third-order valence-electron chi connectivity index (χ3n) is 5.58. The molecule has 0 aromatic heterocycles. The number of piperazine rings is 1. The Hall–Kier alpha value is -0.963. The Morgan fingerprint density at radius 1 is 1.22 bits per heavy atom. The molecule has 2 fully saturated rings. The zero-order valence-electron chi connectivity index (χ0n) is 14.8. The van der Waals surface area contributed by atoms with E-state index >= 15 is 0 Å². The summed E-state index contributed by atoms with van der Waals surface area (Å²) in [5.41, 5.74) is -3.89. The maximum Gasteiger partial charge on any atom is 0.281 e. The quantitative estimate of drug-likeness (QED) is 0.727. The molecular formula is C15H28N2O5Si. The van der Waals surface area contributed by atoms with Crippen LogP contribution in [0.2, 0.25) is 18.1 Å².